The Bertz CT molecular complexity index is 934. The van der Waals surface area contributed by atoms with Crippen molar-refractivity contribution in [3.05, 3.63) is 60.2 Å². The summed E-state index contributed by atoms with van der Waals surface area (Å²) in [6.45, 7) is 2.75. The first-order chi connectivity index (χ1) is 15.5. The van der Waals surface area contributed by atoms with Gasteiger partial charge in [-0.3, -0.25) is 14.4 Å². The van der Waals surface area contributed by atoms with Crippen LogP contribution in [0.15, 0.2) is 54.6 Å². The highest BCUT2D eigenvalue weighted by atomic mass is 16.5. The molecule has 2 aromatic carbocycles. The SMILES string of the molecule is COc1ccccc1OCC(=O)NCCNC(=O)C1CC(=O)N(C(C)c2ccccc2)C1. The van der Waals surface area contributed by atoms with Gasteiger partial charge in [-0.2, -0.15) is 0 Å². The zero-order valence-electron chi connectivity index (χ0n) is 18.4. The van der Waals surface area contributed by atoms with Gasteiger partial charge >= 0.3 is 0 Å². The maximum absolute atomic E-state index is 12.5. The van der Waals surface area contributed by atoms with Gasteiger partial charge in [-0.25, -0.2) is 0 Å². The molecule has 1 heterocycles. The first-order valence-corrected chi connectivity index (χ1v) is 10.6. The molecule has 0 spiro atoms. The minimum absolute atomic E-state index is 0.0247. The average Bonchev–Trinajstić information content (AvgIpc) is 3.22. The van der Waals surface area contributed by atoms with Crippen molar-refractivity contribution < 1.29 is 23.9 Å². The number of benzene rings is 2. The molecule has 8 nitrogen and oxygen atoms in total. The Labute approximate surface area is 187 Å². The molecule has 0 aromatic heterocycles. The van der Waals surface area contributed by atoms with Crippen LogP contribution in [0, 0.1) is 5.92 Å². The van der Waals surface area contributed by atoms with E-state index in [0.29, 0.717) is 18.0 Å². The lowest BCUT2D eigenvalue weighted by atomic mass is 10.1. The topological polar surface area (TPSA) is 97.0 Å². The van der Waals surface area contributed by atoms with Crippen molar-refractivity contribution in [2.45, 2.75) is 19.4 Å². The van der Waals surface area contributed by atoms with Crippen molar-refractivity contribution in [3.8, 4) is 11.5 Å². The zero-order valence-corrected chi connectivity index (χ0v) is 18.4. The van der Waals surface area contributed by atoms with Crippen LogP contribution in [0.5, 0.6) is 11.5 Å². The molecule has 32 heavy (non-hydrogen) atoms. The van der Waals surface area contributed by atoms with Crippen LogP contribution in [-0.4, -0.2) is 56.0 Å². The second-order valence-electron chi connectivity index (χ2n) is 7.61. The molecule has 0 aliphatic carbocycles. The summed E-state index contributed by atoms with van der Waals surface area (Å²) in [5.74, 6) is 0.138. The van der Waals surface area contributed by atoms with Gasteiger partial charge in [-0.1, -0.05) is 42.5 Å². The molecule has 2 unspecified atom stereocenters. The van der Waals surface area contributed by atoms with Crippen LogP contribution in [-0.2, 0) is 14.4 Å². The Balaban J connectivity index is 1.37. The second-order valence-corrected chi connectivity index (χ2v) is 7.61. The van der Waals surface area contributed by atoms with Crippen molar-refractivity contribution in [2.75, 3.05) is 33.4 Å². The first kappa shape index (κ1) is 23.1. The maximum Gasteiger partial charge on any atom is 0.258 e. The number of amides is 3. The molecule has 0 saturated carbocycles. The third-order valence-corrected chi connectivity index (χ3v) is 5.45. The third kappa shape index (κ3) is 6.00. The molecule has 2 N–H and O–H groups in total. The molecule has 1 aliphatic rings. The molecule has 1 aliphatic heterocycles. The lowest BCUT2D eigenvalue weighted by Gasteiger charge is -2.25. The lowest BCUT2D eigenvalue weighted by Crippen LogP contribution is -2.39. The predicted octanol–water partition coefficient (Wildman–Crippen LogP) is 1.92. The number of para-hydroxylation sites is 2. The van der Waals surface area contributed by atoms with Crippen LogP contribution in [0.3, 0.4) is 0 Å². The Hall–Kier alpha value is -3.55. The number of nitrogens with one attached hydrogen (secondary N) is 2. The summed E-state index contributed by atoms with van der Waals surface area (Å²) in [5, 5.41) is 5.50. The Morgan fingerprint density at radius 2 is 1.69 bits per heavy atom. The van der Waals surface area contributed by atoms with Gasteiger partial charge in [0.05, 0.1) is 19.1 Å². The van der Waals surface area contributed by atoms with E-state index in [0.717, 1.165) is 5.56 Å². The van der Waals surface area contributed by atoms with Crippen LogP contribution in [0.1, 0.15) is 24.9 Å². The number of likely N-dealkylation sites (tertiary alicyclic amines) is 1. The highest BCUT2D eigenvalue weighted by molar-refractivity contribution is 5.89. The molecule has 1 fully saturated rings. The van der Waals surface area contributed by atoms with Gasteiger partial charge in [0.2, 0.25) is 11.8 Å². The van der Waals surface area contributed by atoms with E-state index in [-0.39, 0.29) is 49.9 Å². The fourth-order valence-corrected chi connectivity index (χ4v) is 3.66. The number of carbonyl (C=O) groups is 3. The Morgan fingerprint density at radius 1 is 1.03 bits per heavy atom. The number of ether oxygens (including phenoxy) is 2. The van der Waals surface area contributed by atoms with E-state index < -0.39 is 5.92 Å². The van der Waals surface area contributed by atoms with Gasteiger partial charge in [0.1, 0.15) is 0 Å². The summed E-state index contributed by atoms with van der Waals surface area (Å²) in [5.41, 5.74) is 1.04. The van der Waals surface area contributed by atoms with Gasteiger partial charge < -0.3 is 25.0 Å². The number of methoxy groups -OCH3 is 1. The number of hydrogen-bond donors (Lipinski definition) is 2. The van der Waals surface area contributed by atoms with Crippen molar-refractivity contribution in [3.63, 3.8) is 0 Å². The highest BCUT2D eigenvalue weighted by Crippen LogP contribution is 2.28. The predicted molar refractivity (Wildman–Crippen MR) is 119 cm³/mol. The fourth-order valence-electron chi connectivity index (χ4n) is 3.66. The molecule has 3 amide bonds. The molecule has 2 atom stereocenters. The molecule has 0 radical (unpaired) electrons. The van der Waals surface area contributed by atoms with Crippen LogP contribution in [0.2, 0.25) is 0 Å². The number of rotatable bonds is 10. The summed E-state index contributed by atoms with van der Waals surface area (Å²) in [6.07, 6.45) is 0.197. The van der Waals surface area contributed by atoms with E-state index in [2.05, 4.69) is 10.6 Å². The van der Waals surface area contributed by atoms with Crippen LogP contribution >= 0.6 is 0 Å². The monoisotopic (exact) mass is 439 g/mol. The third-order valence-electron chi connectivity index (χ3n) is 5.45. The maximum atomic E-state index is 12.5. The van der Waals surface area contributed by atoms with Crippen LogP contribution in [0.25, 0.3) is 0 Å². The molecular weight excluding hydrogens is 410 g/mol. The van der Waals surface area contributed by atoms with Crippen LogP contribution < -0.4 is 20.1 Å². The molecular formula is C24H29N3O5. The van der Waals surface area contributed by atoms with E-state index in [9.17, 15) is 14.4 Å². The van der Waals surface area contributed by atoms with Gasteiger partial charge in [0.15, 0.2) is 18.1 Å². The number of nitrogens with zero attached hydrogens (tertiary/aromatic N) is 1. The molecule has 0 bridgehead atoms. The summed E-state index contributed by atoms with van der Waals surface area (Å²) in [4.78, 5) is 38.6. The smallest absolute Gasteiger partial charge is 0.258 e. The van der Waals surface area contributed by atoms with Gasteiger partial charge in [-0.15, -0.1) is 0 Å². The van der Waals surface area contributed by atoms with Crippen molar-refractivity contribution in [1.82, 2.24) is 15.5 Å². The largest absolute Gasteiger partial charge is 0.493 e. The standard InChI is InChI=1S/C24H29N3O5/c1-17(18-8-4-3-5-9-18)27-15-19(14-23(27)29)24(30)26-13-12-25-22(28)16-32-21-11-7-6-10-20(21)31-2/h3-11,17,19H,12-16H2,1-2H3,(H,25,28)(H,26,30). The molecule has 2 aromatic rings. The number of carbonyl (C=O) groups excluding carboxylic acids is 3. The molecule has 8 heteroatoms. The molecule has 170 valence electrons. The van der Waals surface area contributed by atoms with Gasteiger partial charge in [-0.05, 0) is 24.6 Å². The first-order valence-electron chi connectivity index (χ1n) is 10.6. The number of hydrogen-bond acceptors (Lipinski definition) is 5. The summed E-state index contributed by atoms with van der Waals surface area (Å²) in [6, 6.07) is 16.8. The van der Waals surface area contributed by atoms with E-state index in [4.69, 9.17) is 9.47 Å². The molecule has 3 rings (SSSR count). The molecule has 1 saturated heterocycles. The van der Waals surface area contributed by atoms with Crippen molar-refractivity contribution in [2.24, 2.45) is 5.92 Å². The zero-order chi connectivity index (χ0) is 22.9. The minimum Gasteiger partial charge on any atom is -0.493 e. The Morgan fingerprint density at radius 3 is 2.41 bits per heavy atom. The second kappa shape index (κ2) is 11.2. The summed E-state index contributed by atoms with van der Waals surface area (Å²) >= 11 is 0. The fraction of sp³-hybridized carbons (Fsp3) is 0.375. The highest BCUT2D eigenvalue weighted by Gasteiger charge is 2.36. The van der Waals surface area contributed by atoms with E-state index in [1.807, 2.05) is 43.3 Å². The minimum atomic E-state index is -0.391. The Kier molecular flexibility index (Phi) is 8.08. The van der Waals surface area contributed by atoms with E-state index in [1.165, 1.54) is 7.11 Å². The van der Waals surface area contributed by atoms with Crippen molar-refractivity contribution in [1.29, 1.82) is 0 Å². The van der Waals surface area contributed by atoms with Gasteiger partial charge in [0, 0.05) is 26.1 Å². The quantitative estimate of drug-likeness (QED) is 0.552. The van der Waals surface area contributed by atoms with E-state index in [1.54, 1.807) is 23.1 Å². The van der Waals surface area contributed by atoms with Gasteiger partial charge in [0.25, 0.3) is 5.91 Å². The average molecular weight is 440 g/mol. The van der Waals surface area contributed by atoms with Crippen molar-refractivity contribution >= 4 is 17.7 Å². The lowest BCUT2D eigenvalue weighted by molar-refractivity contribution is -0.130. The summed E-state index contributed by atoms with van der Waals surface area (Å²) < 4.78 is 10.6. The van der Waals surface area contributed by atoms with E-state index >= 15 is 0 Å². The van der Waals surface area contributed by atoms with Crippen LogP contribution in [0.4, 0.5) is 0 Å². The normalized spacial score (nSPS) is 16.4. The summed E-state index contributed by atoms with van der Waals surface area (Å²) in [7, 11) is 1.53.